The number of fused-ring (bicyclic) bond motifs is 3. The van der Waals surface area contributed by atoms with E-state index in [4.69, 9.17) is 14.2 Å². The fourth-order valence-electron chi connectivity index (χ4n) is 5.71. The first-order chi connectivity index (χ1) is 20.0. The Morgan fingerprint density at radius 1 is 0.927 bits per heavy atom. The van der Waals surface area contributed by atoms with Crippen LogP contribution in [0.25, 0.3) is 0 Å². The maximum absolute atomic E-state index is 13.3. The van der Waals surface area contributed by atoms with Gasteiger partial charge in [0.25, 0.3) is 0 Å². The molecule has 3 atom stereocenters. The molecular weight excluding hydrogens is 522 g/mol. The predicted molar refractivity (Wildman–Crippen MR) is 153 cm³/mol. The monoisotopic (exact) mass is 557 g/mol. The lowest BCUT2D eigenvalue weighted by atomic mass is 9.80. The molecule has 1 unspecified atom stereocenters. The van der Waals surface area contributed by atoms with Crippen molar-refractivity contribution in [2.24, 2.45) is 5.92 Å². The third kappa shape index (κ3) is 6.80. The van der Waals surface area contributed by atoms with Crippen LogP contribution in [0, 0.1) is 5.92 Å². The van der Waals surface area contributed by atoms with E-state index >= 15 is 0 Å². The van der Waals surface area contributed by atoms with Crippen LogP contribution in [0.4, 0.5) is 15.3 Å². The quantitative estimate of drug-likeness (QED) is 0.198. The Morgan fingerprint density at radius 2 is 1.61 bits per heavy atom. The Bertz CT molecular complexity index is 1350. The van der Waals surface area contributed by atoms with Gasteiger partial charge < -0.3 is 29.7 Å². The molecule has 1 saturated heterocycles. The van der Waals surface area contributed by atoms with Crippen LogP contribution in [0.1, 0.15) is 52.4 Å². The Balaban J connectivity index is 1.23. The normalized spacial score (nSPS) is 18.9. The number of hydrogen-bond donors (Lipinski definition) is 2. The van der Waals surface area contributed by atoms with Gasteiger partial charge in [0.2, 0.25) is 0 Å². The van der Waals surface area contributed by atoms with Gasteiger partial charge in [-0.2, -0.15) is 0 Å². The first kappa shape index (κ1) is 28.0. The highest BCUT2D eigenvalue weighted by atomic mass is 16.6. The number of rotatable bonds is 9. The van der Waals surface area contributed by atoms with Crippen LogP contribution in [-0.2, 0) is 27.4 Å². The lowest BCUT2D eigenvalue weighted by Crippen LogP contribution is -2.41. The van der Waals surface area contributed by atoms with Crippen LogP contribution in [0.5, 0.6) is 0 Å². The summed E-state index contributed by atoms with van der Waals surface area (Å²) in [4.78, 5) is 39.5. The molecule has 2 aliphatic rings. The summed E-state index contributed by atoms with van der Waals surface area (Å²) >= 11 is 0. The molecule has 9 heteroatoms. The van der Waals surface area contributed by atoms with E-state index in [2.05, 4.69) is 10.6 Å². The molecule has 2 heterocycles. The highest BCUT2D eigenvalue weighted by molar-refractivity contribution is 5.90. The molecule has 9 nitrogen and oxygen atoms in total. The van der Waals surface area contributed by atoms with Crippen molar-refractivity contribution in [2.75, 3.05) is 25.5 Å². The van der Waals surface area contributed by atoms with Crippen LogP contribution in [0.2, 0.25) is 0 Å². The molecular formula is C32H35N3O6. The van der Waals surface area contributed by atoms with Crippen LogP contribution < -0.4 is 10.6 Å². The van der Waals surface area contributed by atoms with E-state index in [0.717, 1.165) is 41.6 Å². The van der Waals surface area contributed by atoms with Crippen LogP contribution in [-0.4, -0.2) is 49.3 Å². The molecule has 0 saturated carbocycles. The fraction of sp³-hybridized carbons (Fsp3) is 0.344. The van der Waals surface area contributed by atoms with Gasteiger partial charge >= 0.3 is 18.2 Å². The van der Waals surface area contributed by atoms with Gasteiger partial charge in [0.05, 0.1) is 18.7 Å². The molecule has 5 rings (SSSR count). The summed E-state index contributed by atoms with van der Waals surface area (Å²) in [7, 11) is 1.35. The number of benzene rings is 3. The number of likely N-dealkylation sites (tertiary alicyclic amines) is 1. The summed E-state index contributed by atoms with van der Waals surface area (Å²) in [6.07, 6.45) is 1.48. The van der Waals surface area contributed by atoms with Gasteiger partial charge in [-0.1, -0.05) is 60.7 Å². The number of esters is 1. The fourth-order valence-corrected chi connectivity index (χ4v) is 5.71. The largest absolute Gasteiger partial charge is 0.465 e. The number of alkyl carbamates (subject to hydrolysis) is 1. The zero-order chi connectivity index (χ0) is 28.6. The first-order valence-corrected chi connectivity index (χ1v) is 13.9. The van der Waals surface area contributed by atoms with Gasteiger partial charge in [-0.25, -0.2) is 14.4 Å². The molecule has 2 aliphatic heterocycles. The third-order valence-corrected chi connectivity index (χ3v) is 7.71. The number of hydrogen-bond acceptors (Lipinski definition) is 7. The molecule has 0 aromatic heterocycles. The highest BCUT2D eigenvalue weighted by Gasteiger charge is 2.46. The predicted octanol–water partition coefficient (Wildman–Crippen LogP) is 5.67. The summed E-state index contributed by atoms with van der Waals surface area (Å²) in [5, 5.41) is 6.46. The minimum atomic E-state index is -0.447. The first-order valence-electron chi connectivity index (χ1n) is 13.9. The van der Waals surface area contributed by atoms with Gasteiger partial charge in [-0.3, -0.25) is 0 Å². The van der Waals surface area contributed by atoms with E-state index in [9.17, 15) is 14.4 Å². The summed E-state index contributed by atoms with van der Waals surface area (Å²) in [5.74, 6) is -0.308. The van der Waals surface area contributed by atoms with Crippen molar-refractivity contribution in [1.82, 2.24) is 10.2 Å². The summed E-state index contributed by atoms with van der Waals surface area (Å²) < 4.78 is 16.0. The van der Waals surface area contributed by atoms with Gasteiger partial charge in [-0.05, 0) is 54.2 Å². The van der Waals surface area contributed by atoms with Gasteiger partial charge in [-0.15, -0.1) is 0 Å². The Hall–Kier alpha value is -4.53. The number of nitrogens with zero attached hydrogens (tertiary/aromatic N) is 1. The summed E-state index contributed by atoms with van der Waals surface area (Å²) in [6.45, 7) is 1.44. The highest BCUT2D eigenvalue weighted by Crippen LogP contribution is 2.47. The average Bonchev–Trinajstić information content (AvgIpc) is 3.47. The molecule has 2 N–H and O–H groups in total. The summed E-state index contributed by atoms with van der Waals surface area (Å²) in [6, 6.07) is 24.4. The lowest BCUT2D eigenvalue weighted by molar-refractivity contribution is 0.0600. The SMILES string of the molecule is COC(=O)c1ccc2c(c1)C1[C@@H](CCN1C(=O)OCc1ccccc1)[C@@H](CCCNC(=O)OCc1ccccc1)N2. The number of carbonyl (C=O) groups is 3. The van der Waals surface area contributed by atoms with Gasteiger partial charge in [0, 0.05) is 30.7 Å². The van der Waals surface area contributed by atoms with E-state index < -0.39 is 12.1 Å². The van der Waals surface area contributed by atoms with Crippen LogP contribution in [0.3, 0.4) is 0 Å². The number of ether oxygens (including phenoxy) is 3. The van der Waals surface area contributed by atoms with E-state index in [1.807, 2.05) is 72.8 Å². The Labute approximate surface area is 239 Å². The van der Waals surface area contributed by atoms with Crippen molar-refractivity contribution in [2.45, 2.75) is 44.6 Å². The number of methoxy groups -OCH3 is 1. The third-order valence-electron chi connectivity index (χ3n) is 7.71. The molecule has 41 heavy (non-hydrogen) atoms. The number of amides is 2. The van der Waals surface area contributed by atoms with Crippen LogP contribution >= 0.6 is 0 Å². The zero-order valence-electron chi connectivity index (χ0n) is 23.1. The van der Waals surface area contributed by atoms with Crippen molar-refractivity contribution in [3.8, 4) is 0 Å². The molecule has 0 spiro atoms. The molecule has 3 aromatic carbocycles. The van der Waals surface area contributed by atoms with Crippen molar-refractivity contribution in [3.05, 3.63) is 101 Å². The second-order valence-corrected chi connectivity index (χ2v) is 10.3. The lowest BCUT2D eigenvalue weighted by Gasteiger charge is -2.39. The van der Waals surface area contributed by atoms with E-state index in [-0.39, 0.29) is 37.3 Å². The molecule has 2 amide bonds. The molecule has 3 aromatic rings. The van der Waals surface area contributed by atoms with Crippen LogP contribution in [0.15, 0.2) is 78.9 Å². The average molecular weight is 558 g/mol. The number of nitrogens with one attached hydrogen (secondary N) is 2. The molecule has 0 radical (unpaired) electrons. The second-order valence-electron chi connectivity index (χ2n) is 10.3. The van der Waals surface area contributed by atoms with Crippen molar-refractivity contribution in [1.29, 1.82) is 0 Å². The van der Waals surface area contributed by atoms with Gasteiger partial charge in [0.15, 0.2) is 0 Å². The molecule has 0 bridgehead atoms. The molecule has 1 fully saturated rings. The van der Waals surface area contributed by atoms with Crippen molar-refractivity contribution >= 4 is 23.8 Å². The van der Waals surface area contributed by atoms with Crippen molar-refractivity contribution < 1.29 is 28.6 Å². The minimum Gasteiger partial charge on any atom is -0.465 e. The second kappa shape index (κ2) is 13.2. The standard InChI is InChI=1S/C32H35N3O6/c1-39-30(36)24-14-15-28-26(19-24)29-25(16-18-35(29)32(38)41-21-23-11-6-3-7-12-23)27(34-28)13-8-17-33-31(37)40-20-22-9-4-2-5-10-22/h2-7,9-12,14-15,19,25,27,29,34H,8,13,16-18,20-21H2,1H3,(H,33,37)/t25-,27+,29?/m0/s1. The summed E-state index contributed by atoms with van der Waals surface area (Å²) in [5.41, 5.74) is 4.05. The van der Waals surface area contributed by atoms with E-state index in [1.165, 1.54) is 7.11 Å². The molecule has 0 aliphatic carbocycles. The van der Waals surface area contributed by atoms with E-state index in [1.54, 1.807) is 11.0 Å². The maximum Gasteiger partial charge on any atom is 0.410 e. The Kier molecular flexibility index (Phi) is 9.03. The minimum absolute atomic E-state index is 0.0746. The number of anilines is 1. The van der Waals surface area contributed by atoms with E-state index in [0.29, 0.717) is 18.7 Å². The maximum atomic E-state index is 13.3. The molecule has 214 valence electrons. The smallest absolute Gasteiger partial charge is 0.410 e. The zero-order valence-corrected chi connectivity index (χ0v) is 23.1. The Morgan fingerprint density at radius 3 is 2.29 bits per heavy atom. The number of carbonyl (C=O) groups excluding carboxylic acids is 3. The van der Waals surface area contributed by atoms with Gasteiger partial charge in [0.1, 0.15) is 13.2 Å². The topological polar surface area (TPSA) is 106 Å². The van der Waals surface area contributed by atoms with Crippen molar-refractivity contribution in [3.63, 3.8) is 0 Å².